The molecule has 2 rings (SSSR count). The summed E-state index contributed by atoms with van der Waals surface area (Å²) in [4.78, 5) is 4.15. The van der Waals surface area contributed by atoms with E-state index in [0.717, 1.165) is 10.0 Å². The van der Waals surface area contributed by atoms with Crippen LogP contribution in [0.1, 0.15) is 5.56 Å². The minimum absolute atomic E-state index is 0.236. The largest absolute Gasteiger partial charge is 0.397 e. The van der Waals surface area contributed by atoms with Crippen LogP contribution in [-0.2, 0) is 6.54 Å². The Morgan fingerprint density at radius 3 is 2.65 bits per heavy atom. The first-order valence-corrected chi connectivity index (χ1v) is 5.84. The highest BCUT2D eigenvalue weighted by Gasteiger charge is 2.01. The zero-order chi connectivity index (χ0) is 12.3. The van der Waals surface area contributed by atoms with Gasteiger partial charge in [0.15, 0.2) is 0 Å². The van der Waals surface area contributed by atoms with Crippen molar-refractivity contribution < 1.29 is 4.39 Å². The molecule has 0 fully saturated rings. The summed E-state index contributed by atoms with van der Waals surface area (Å²) < 4.78 is 13.5. The molecule has 0 aliphatic heterocycles. The van der Waals surface area contributed by atoms with Crippen LogP contribution in [0.3, 0.4) is 0 Å². The Hall–Kier alpha value is -1.62. The second kappa shape index (κ2) is 5.14. The third-order valence-electron chi connectivity index (χ3n) is 2.24. The molecular weight excluding hydrogens is 285 g/mol. The zero-order valence-corrected chi connectivity index (χ0v) is 10.5. The minimum Gasteiger partial charge on any atom is -0.397 e. The highest BCUT2D eigenvalue weighted by Crippen LogP contribution is 2.22. The van der Waals surface area contributed by atoms with Crippen molar-refractivity contribution in [1.82, 2.24) is 4.98 Å². The van der Waals surface area contributed by atoms with Crippen LogP contribution in [0.25, 0.3) is 0 Å². The average Bonchev–Trinajstić information content (AvgIpc) is 2.30. The second-order valence-corrected chi connectivity index (χ2v) is 4.43. The highest BCUT2D eigenvalue weighted by molar-refractivity contribution is 9.10. The van der Waals surface area contributed by atoms with Gasteiger partial charge in [-0.3, -0.25) is 0 Å². The van der Waals surface area contributed by atoms with Crippen LogP contribution >= 0.6 is 15.9 Å². The van der Waals surface area contributed by atoms with Crippen LogP contribution in [0.15, 0.2) is 41.0 Å². The maximum Gasteiger partial charge on any atom is 0.140 e. The van der Waals surface area contributed by atoms with Crippen LogP contribution in [0.4, 0.5) is 15.9 Å². The van der Waals surface area contributed by atoms with Gasteiger partial charge in [0.25, 0.3) is 0 Å². The number of anilines is 2. The van der Waals surface area contributed by atoms with Crippen molar-refractivity contribution in [2.75, 3.05) is 11.1 Å². The Kier molecular flexibility index (Phi) is 3.58. The quantitative estimate of drug-likeness (QED) is 0.914. The van der Waals surface area contributed by atoms with E-state index < -0.39 is 0 Å². The number of hydrogen-bond donors (Lipinski definition) is 2. The highest BCUT2D eigenvalue weighted by atomic mass is 79.9. The van der Waals surface area contributed by atoms with Crippen LogP contribution in [0.2, 0.25) is 0 Å². The minimum atomic E-state index is -0.236. The molecule has 0 radical (unpaired) electrons. The van der Waals surface area contributed by atoms with Gasteiger partial charge < -0.3 is 11.1 Å². The van der Waals surface area contributed by atoms with Gasteiger partial charge in [0.1, 0.15) is 11.6 Å². The van der Waals surface area contributed by atoms with Crippen molar-refractivity contribution in [1.29, 1.82) is 0 Å². The fourth-order valence-corrected chi connectivity index (χ4v) is 1.88. The first-order chi connectivity index (χ1) is 8.15. The molecule has 0 bridgehead atoms. The van der Waals surface area contributed by atoms with Gasteiger partial charge in [-0.1, -0.05) is 12.1 Å². The second-order valence-electron chi connectivity index (χ2n) is 3.58. The maximum atomic E-state index is 12.7. The van der Waals surface area contributed by atoms with E-state index >= 15 is 0 Å². The SMILES string of the molecule is Nc1cnc(NCc2ccc(F)cc2)c(Br)c1. The molecule has 0 spiro atoms. The van der Waals surface area contributed by atoms with Gasteiger partial charge in [-0.25, -0.2) is 9.37 Å². The van der Waals surface area contributed by atoms with E-state index in [-0.39, 0.29) is 5.82 Å². The monoisotopic (exact) mass is 295 g/mol. The molecule has 3 N–H and O–H groups in total. The Bertz CT molecular complexity index is 514. The van der Waals surface area contributed by atoms with E-state index in [1.54, 1.807) is 24.4 Å². The van der Waals surface area contributed by atoms with E-state index in [0.29, 0.717) is 18.1 Å². The topological polar surface area (TPSA) is 50.9 Å². The van der Waals surface area contributed by atoms with Gasteiger partial charge in [0.05, 0.1) is 16.4 Å². The molecule has 1 aromatic heterocycles. The van der Waals surface area contributed by atoms with Gasteiger partial charge in [-0.15, -0.1) is 0 Å². The van der Waals surface area contributed by atoms with Crippen LogP contribution in [-0.4, -0.2) is 4.98 Å². The molecule has 1 heterocycles. The van der Waals surface area contributed by atoms with Crippen molar-refractivity contribution >= 4 is 27.4 Å². The number of rotatable bonds is 3. The smallest absolute Gasteiger partial charge is 0.140 e. The molecule has 3 nitrogen and oxygen atoms in total. The lowest BCUT2D eigenvalue weighted by Gasteiger charge is -2.08. The molecule has 0 aliphatic carbocycles. The number of hydrogen-bond acceptors (Lipinski definition) is 3. The van der Waals surface area contributed by atoms with Gasteiger partial charge >= 0.3 is 0 Å². The number of benzene rings is 1. The lowest BCUT2D eigenvalue weighted by Crippen LogP contribution is -2.02. The summed E-state index contributed by atoms with van der Waals surface area (Å²) in [7, 11) is 0. The van der Waals surface area contributed by atoms with Gasteiger partial charge in [0.2, 0.25) is 0 Å². The fourth-order valence-electron chi connectivity index (χ4n) is 1.37. The Morgan fingerprint density at radius 1 is 1.29 bits per heavy atom. The standard InChI is InChI=1S/C12H11BrFN3/c13-11-5-10(15)7-17-12(11)16-6-8-1-3-9(14)4-2-8/h1-5,7H,6,15H2,(H,16,17). The first-order valence-electron chi connectivity index (χ1n) is 5.04. The molecule has 0 atom stereocenters. The third-order valence-corrected chi connectivity index (χ3v) is 2.84. The van der Waals surface area contributed by atoms with Gasteiger partial charge in [0, 0.05) is 6.54 Å². The molecule has 0 saturated carbocycles. The van der Waals surface area contributed by atoms with Crippen molar-refractivity contribution in [3.63, 3.8) is 0 Å². The Morgan fingerprint density at radius 2 is 2.00 bits per heavy atom. The number of nitrogens with one attached hydrogen (secondary N) is 1. The zero-order valence-electron chi connectivity index (χ0n) is 8.95. The summed E-state index contributed by atoms with van der Waals surface area (Å²) in [6, 6.07) is 8.10. The number of nitrogens with two attached hydrogens (primary N) is 1. The summed E-state index contributed by atoms with van der Waals surface area (Å²) >= 11 is 3.37. The molecule has 0 saturated heterocycles. The van der Waals surface area contributed by atoms with Crippen LogP contribution in [0.5, 0.6) is 0 Å². The molecule has 17 heavy (non-hydrogen) atoms. The Balaban J connectivity index is 2.04. The first kappa shape index (κ1) is 11.9. The van der Waals surface area contributed by atoms with Crippen molar-refractivity contribution in [2.45, 2.75) is 6.54 Å². The third kappa shape index (κ3) is 3.17. The molecule has 5 heteroatoms. The number of aromatic nitrogens is 1. The van der Waals surface area contributed by atoms with Gasteiger partial charge in [-0.05, 0) is 39.7 Å². The molecule has 0 amide bonds. The van der Waals surface area contributed by atoms with E-state index in [2.05, 4.69) is 26.2 Å². The molecule has 0 aliphatic rings. The summed E-state index contributed by atoms with van der Waals surface area (Å²) in [5.74, 6) is 0.476. The van der Waals surface area contributed by atoms with Crippen molar-refractivity contribution in [3.05, 3.63) is 52.4 Å². The van der Waals surface area contributed by atoms with Gasteiger partial charge in [-0.2, -0.15) is 0 Å². The molecule has 2 aromatic rings. The summed E-state index contributed by atoms with van der Waals surface area (Å²) in [6.07, 6.45) is 1.58. The number of nitrogen functional groups attached to an aromatic ring is 1. The molecule has 0 unspecified atom stereocenters. The maximum absolute atomic E-state index is 12.7. The average molecular weight is 296 g/mol. The van der Waals surface area contributed by atoms with Crippen molar-refractivity contribution in [2.24, 2.45) is 0 Å². The number of halogens is 2. The summed E-state index contributed by atoms with van der Waals surface area (Å²) in [6.45, 7) is 0.579. The van der Waals surface area contributed by atoms with Crippen LogP contribution in [0, 0.1) is 5.82 Å². The summed E-state index contributed by atoms with van der Waals surface area (Å²) in [5, 5.41) is 3.14. The molecule has 1 aromatic carbocycles. The fraction of sp³-hybridized carbons (Fsp3) is 0.0833. The lowest BCUT2D eigenvalue weighted by atomic mass is 10.2. The Labute approximate surface area is 107 Å². The molecular formula is C12H11BrFN3. The van der Waals surface area contributed by atoms with Crippen molar-refractivity contribution in [3.8, 4) is 0 Å². The number of pyridine rings is 1. The van der Waals surface area contributed by atoms with Crippen LogP contribution < -0.4 is 11.1 Å². The number of nitrogens with zero attached hydrogens (tertiary/aromatic N) is 1. The van der Waals surface area contributed by atoms with E-state index in [4.69, 9.17) is 5.73 Å². The normalized spacial score (nSPS) is 10.2. The summed E-state index contributed by atoms with van der Waals surface area (Å²) in [5.41, 5.74) is 7.17. The van der Waals surface area contributed by atoms with E-state index in [1.165, 1.54) is 12.1 Å². The lowest BCUT2D eigenvalue weighted by molar-refractivity contribution is 0.627. The molecule has 88 valence electrons. The predicted molar refractivity (Wildman–Crippen MR) is 70.1 cm³/mol. The predicted octanol–water partition coefficient (Wildman–Crippen LogP) is 3.18. The van der Waals surface area contributed by atoms with E-state index in [1.807, 2.05) is 0 Å². The van der Waals surface area contributed by atoms with E-state index in [9.17, 15) is 4.39 Å².